The van der Waals surface area contributed by atoms with Gasteiger partial charge in [0.05, 0.1) is 0 Å². The van der Waals surface area contributed by atoms with Crippen LogP contribution in [0.5, 0.6) is 0 Å². The molecule has 0 aromatic carbocycles. The molecule has 0 bridgehead atoms. The molecular formula is C11H25ClN2O2. The number of halogens is 1. The molecule has 4 nitrogen and oxygen atoms in total. The molecule has 0 aliphatic heterocycles. The van der Waals surface area contributed by atoms with Gasteiger partial charge < -0.3 is 16.6 Å². The lowest BCUT2D eigenvalue weighted by atomic mass is 10.1. The molecule has 0 saturated carbocycles. The molecule has 0 aromatic rings. The summed E-state index contributed by atoms with van der Waals surface area (Å²) in [4.78, 5) is 10.1. The molecule has 0 heterocycles. The highest BCUT2D eigenvalue weighted by molar-refractivity contribution is 6.17. The van der Waals surface area contributed by atoms with Gasteiger partial charge in [0.1, 0.15) is 6.04 Å². The number of aliphatic carboxylic acids is 1. The lowest BCUT2D eigenvalue weighted by Crippen LogP contribution is -2.29. The van der Waals surface area contributed by atoms with Gasteiger partial charge in [0.25, 0.3) is 0 Å². The molecule has 0 aromatic heterocycles. The Hall–Kier alpha value is -0.320. The lowest BCUT2D eigenvalue weighted by Gasteiger charge is -2.03. The molecule has 0 aliphatic rings. The van der Waals surface area contributed by atoms with Crippen molar-refractivity contribution in [3.05, 3.63) is 0 Å². The fourth-order valence-corrected chi connectivity index (χ4v) is 1.17. The van der Waals surface area contributed by atoms with Crippen molar-refractivity contribution < 1.29 is 9.90 Å². The zero-order valence-electron chi connectivity index (χ0n) is 10.1. The van der Waals surface area contributed by atoms with Gasteiger partial charge in [0.2, 0.25) is 0 Å². The van der Waals surface area contributed by atoms with E-state index in [4.69, 9.17) is 28.2 Å². The highest BCUT2D eigenvalue weighted by atomic mass is 35.5. The van der Waals surface area contributed by atoms with Crippen molar-refractivity contribution in [3.63, 3.8) is 0 Å². The monoisotopic (exact) mass is 252 g/mol. The normalized spacial score (nSPS) is 11.5. The van der Waals surface area contributed by atoms with Gasteiger partial charge in [-0.25, -0.2) is 0 Å². The zero-order chi connectivity index (χ0) is 12.8. The van der Waals surface area contributed by atoms with E-state index in [-0.39, 0.29) is 0 Å². The summed E-state index contributed by atoms with van der Waals surface area (Å²) >= 11 is 5.38. The topological polar surface area (TPSA) is 89.3 Å². The summed E-state index contributed by atoms with van der Waals surface area (Å²) in [7, 11) is 0. The summed E-state index contributed by atoms with van der Waals surface area (Å²) in [6, 6.07) is -0.716. The van der Waals surface area contributed by atoms with Gasteiger partial charge in [-0.2, -0.15) is 0 Å². The molecule has 0 unspecified atom stereocenters. The van der Waals surface area contributed by atoms with Crippen LogP contribution in [0.2, 0.25) is 0 Å². The number of unbranched alkanes of at least 4 members (excludes halogenated alkanes) is 3. The van der Waals surface area contributed by atoms with Gasteiger partial charge >= 0.3 is 5.97 Å². The average molecular weight is 253 g/mol. The third-order valence-corrected chi connectivity index (χ3v) is 2.29. The molecule has 1 atom stereocenters. The van der Waals surface area contributed by atoms with E-state index in [2.05, 4.69) is 6.92 Å². The van der Waals surface area contributed by atoms with Crippen molar-refractivity contribution >= 4 is 17.6 Å². The fraction of sp³-hybridized carbons (Fsp3) is 0.909. The molecule has 0 spiro atoms. The van der Waals surface area contributed by atoms with E-state index in [1.807, 2.05) is 0 Å². The minimum absolute atomic E-state index is 0.520. The highest BCUT2D eigenvalue weighted by Gasteiger charge is 2.09. The molecule has 0 fully saturated rings. The molecule has 0 radical (unpaired) electrons. The number of nitrogens with two attached hydrogens (primary N) is 2. The van der Waals surface area contributed by atoms with Gasteiger partial charge in [-0.1, -0.05) is 26.2 Å². The van der Waals surface area contributed by atoms with Gasteiger partial charge in [0, 0.05) is 5.88 Å². The summed E-state index contributed by atoms with van der Waals surface area (Å²) in [6.07, 6.45) is 5.89. The van der Waals surface area contributed by atoms with Gasteiger partial charge in [0.15, 0.2) is 0 Å². The first kappa shape index (κ1) is 18.1. The van der Waals surface area contributed by atoms with Crippen molar-refractivity contribution in [2.45, 2.75) is 51.5 Å². The van der Waals surface area contributed by atoms with Crippen LogP contribution in [0.15, 0.2) is 0 Å². The molecule has 16 heavy (non-hydrogen) atoms. The van der Waals surface area contributed by atoms with E-state index >= 15 is 0 Å². The van der Waals surface area contributed by atoms with Crippen molar-refractivity contribution in [1.29, 1.82) is 0 Å². The van der Waals surface area contributed by atoms with Crippen LogP contribution in [-0.4, -0.2) is 29.5 Å². The summed E-state index contributed by atoms with van der Waals surface area (Å²) in [5.74, 6) is -0.106. The number of carboxylic acid groups (broad SMARTS) is 1. The van der Waals surface area contributed by atoms with Gasteiger partial charge in [-0.05, 0) is 25.8 Å². The lowest BCUT2D eigenvalue weighted by molar-refractivity contribution is -0.138. The average Bonchev–Trinajstić information content (AvgIpc) is 2.27. The number of rotatable bonds is 8. The highest BCUT2D eigenvalue weighted by Crippen LogP contribution is 1.97. The molecule has 0 rings (SSSR count). The third-order valence-electron chi connectivity index (χ3n) is 2.02. The largest absolute Gasteiger partial charge is 0.480 e. The van der Waals surface area contributed by atoms with Crippen LogP contribution in [0.1, 0.15) is 45.4 Å². The molecule has 0 saturated heterocycles. The van der Waals surface area contributed by atoms with Gasteiger partial charge in [-0.15, -0.1) is 11.6 Å². The first-order valence-corrected chi connectivity index (χ1v) is 6.38. The molecule has 98 valence electrons. The third kappa shape index (κ3) is 16.1. The Bertz CT molecular complexity index is 153. The zero-order valence-corrected chi connectivity index (χ0v) is 10.9. The van der Waals surface area contributed by atoms with Crippen LogP contribution in [-0.2, 0) is 4.79 Å². The maximum atomic E-state index is 10.1. The van der Waals surface area contributed by atoms with E-state index in [1.54, 1.807) is 0 Å². The quantitative estimate of drug-likeness (QED) is 0.455. The number of carbonyl (C=O) groups is 1. The van der Waals surface area contributed by atoms with E-state index in [0.29, 0.717) is 13.0 Å². The van der Waals surface area contributed by atoms with E-state index < -0.39 is 12.0 Å². The van der Waals surface area contributed by atoms with Crippen molar-refractivity contribution in [2.75, 3.05) is 12.4 Å². The van der Waals surface area contributed by atoms with Crippen molar-refractivity contribution in [2.24, 2.45) is 11.5 Å². The second-order valence-electron chi connectivity index (χ2n) is 3.63. The number of hydrogen-bond acceptors (Lipinski definition) is 3. The Morgan fingerprint density at radius 1 is 1.31 bits per heavy atom. The van der Waals surface area contributed by atoms with Crippen LogP contribution in [0.3, 0.4) is 0 Å². The first-order valence-electron chi connectivity index (χ1n) is 5.84. The Kier molecular flexibility index (Phi) is 16.6. The van der Waals surface area contributed by atoms with Crippen LogP contribution in [0, 0.1) is 0 Å². The van der Waals surface area contributed by atoms with Crippen molar-refractivity contribution in [3.8, 4) is 0 Å². The number of alkyl halides is 1. The molecule has 5 N–H and O–H groups in total. The molecule has 5 heteroatoms. The Balaban J connectivity index is 0. The Labute approximate surface area is 103 Å². The Morgan fingerprint density at radius 2 is 1.94 bits per heavy atom. The minimum atomic E-state index is -0.933. The summed E-state index contributed by atoms with van der Waals surface area (Å²) in [6.45, 7) is 2.78. The SMILES string of the molecule is CCCCCCl.NCCCC[C@@H](N)C(=O)O. The molecule has 0 amide bonds. The van der Waals surface area contributed by atoms with E-state index in [0.717, 1.165) is 18.7 Å². The van der Waals surface area contributed by atoms with Crippen LogP contribution < -0.4 is 11.5 Å². The smallest absolute Gasteiger partial charge is 0.320 e. The summed E-state index contributed by atoms with van der Waals surface area (Å²) in [5, 5.41) is 8.33. The fourth-order valence-electron chi connectivity index (χ4n) is 0.977. The Morgan fingerprint density at radius 3 is 2.25 bits per heavy atom. The standard InChI is InChI=1S/C6H14N2O2.C5H11Cl/c7-4-2-1-3-5(8)6(9)10;1-2-3-4-5-6/h5H,1-4,7-8H2,(H,9,10);2-5H2,1H3/t5-;/m1./s1. The summed E-state index contributed by atoms with van der Waals surface area (Å²) in [5.41, 5.74) is 10.4. The second kappa shape index (κ2) is 14.7. The van der Waals surface area contributed by atoms with E-state index in [9.17, 15) is 4.79 Å². The maximum absolute atomic E-state index is 10.1. The van der Waals surface area contributed by atoms with Crippen LogP contribution >= 0.6 is 11.6 Å². The summed E-state index contributed by atoms with van der Waals surface area (Å²) < 4.78 is 0. The maximum Gasteiger partial charge on any atom is 0.320 e. The predicted molar refractivity (Wildman–Crippen MR) is 68.8 cm³/mol. The van der Waals surface area contributed by atoms with Crippen molar-refractivity contribution in [1.82, 2.24) is 0 Å². The van der Waals surface area contributed by atoms with Crippen LogP contribution in [0.25, 0.3) is 0 Å². The number of carboxylic acids is 1. The van der Waals surface area contributed by atoms with Gasteiger partial charge in [-0.3, -0.25) is 4.79 Å². The minimum Gasteiger partial charge on any atom is -0.480 e. The van der Waals surface area contributed by atoms with Crippen LogP contribution in [0.4, 0.5) is 0 Å². The molecular weight excluding hydrogens is 228 g/mol. The predicted octanol–water partition coefficient (Wildman–Crippen LogP) is 1.94. The second-order valence-corrected chi connectivity index (χ2v) is 4.00. The van der Waals surface area contributed by atoms with E-state index in [1.165, 1.54) is 19.3 Å². The first-order chi connectivity index (χ1) is 7.59. The number of hydrogen-bond donors (Lipinski definition) is 3. The molecule has 0 aliphatic carbocycles.